The molecule has 4 N–H and O–H groups in total. The normalized spacial score (nSPS) is 13.6. The van der Waals surface area contributed by atoms with Gasteiger partial charge in [-0.3, -0.25) is 4.79 Å². The summed E-state index contributed by atoms with van der Waals surface area (Å²) in [6.07, 6.45) is 2.31. The van der Waals surface area contributed by atoms with Crippen molar-refractivity contribution in [2.75, 3.05) is 6.54 Å². The number of halogens is 1. The molecule has 3 aromatic rings. The van der Waals surface area contributed by atoms with Crippen LogP contribution >= 0.6 is 11.6 Å². The van der Waals surface area contributed by atoms with Crippen LogP contribution in [0.2, 0.25) is 5.02 Å². The minimum absolute atomic E-state index is 0.0399. The fraction of sp³-hybridized carbons (Fsp3) is 0.250. The maximum Gasteiger partial charge on any atom is 0.221 e. The molecular formula is C20H22ClN3O. The van der Waals surface area contributed by atoms with Gasteiger partial charge in [-0.05, 0) is 30.2 Å². The van der Waals surface area contributed by atoms with E-state index in [1.165, 1.54) is 0 Å². The molecule has 0 spiro atoms. The van der Waals surface area contributed by atoms with Gasteiger partial charge in [-0.15, -0.1) is 0 Å². The third kappa shape index (κ3) is 4.03. The summed E-state index contributed by atoms with van der Waals surface area (Å²) < 4.78 is 0. The molecule has 5 heteroatoms. The number of fused-ring (bicyclic) bond motifs is 1. The Hall–Kier alpha value is -2.30. The highest BCUT2D eigenvalue weighted by Gasteiger charge is 2.21. The fourth-order valence-electron chi connectivity index (χ4n) is 3.11. The molecule has 0 radical (unpaired) electrons. The van der Waals surface area contributed by atoms with Gasteiger partial charge < -0.3 is 16.0 Å². The highest BCUT2D eigenvalue weighted by Crippen LogP contribution is 2.34. The molecule has 0 aliphatic rings. The topological polar surface area (TPSA) is 70.9 Å². The van der Waals surface area contributed by atoms with E-state index in [4.69, 9.17) is 17.3 Å². The minimum Gasteiger partial charge on any atom is -0.361 e. The van der Waals surface area contributed by atoms with Crippen molar-refractivity contribution < 1.29 is 4.79 Å². The summed E-state index contributed by atoms with van der Waals surface area (Å²) >= 11 is 6.44. The van der Waals surface area contributed by atoms with Crippen LogP contribution in [0.3, 0.4) is 0 Å². The zero-order valence-corrected chi connectivity index (χ0v) is 14.9. The van der Waals surface area contributed by atoms with Crippen molar-refractivity contribution in [2.45, 2.75) is 25.3 Å². The molecule has 0 saturated heterocycles. The lowest BCUT2D eigenvalue weighted by molar-refractivity contribution is -0.121. The number of para-hydroxylation sites is 1. The number of aromatic amines is 1. The molecule has 2 aromatic carbocycles. The van der Waals surface area contributed by atoms with Crippen LogP contribution in [-0.4, -0.2) is 23.5 Å². The molecule has 2 atom stereocenters. The zero-order chi connectivity index (χ0) is 17.8. The van der Waals surface area contributed by atoms with Crippen LogP contribution in [-0.2, 0) is 4.79 Å². The standard InChI is InChI=1S/C20H22ClN3O/c1-13(22)10-20(25)24-12-16(14-6-2-4-8-18(14)21)17-11-23-19-9-5-3-7-15(17)19/h2-9,11,13,16,23H,10,12,22H2,1H3,(H,24,25). The van der Waals surface area contributed by atoms with Crippen molar-refractivity contribution in [2.24, 2.45) is 5.73 Å². The Morgan fingerprint density at radius 1 is 1.16 bits per heavy atom. The highest BCUT2D eigenvalue weighted by molar-refractivity contribution is 6.31. The Morgan fingerprint density at radius 3 is 2.64 bits per heavy atom. The molecule has 0 aliphatic heterocycles. The predicted octanol–water partition coefficient (Wildman–Crippen LogP) is 3.81. The Kier molecular flexibility index (Phi) is 5.41. The monoisotopic (exact) mass is 355 g/mol. The predicted molar refractivity (Wildman–Crippen MR) is 103 cm³/mol. The van der Waals surface area contributed by atoms with Gasteiger partial charge in [-0.1, -0.05) is 48.0 Å². The number of benzene rings is 2. The van der Waals surface area contributed by atoms with Crippen LogP contribution in [0.25, 0.3) is 10.9 Å². The Bertz CT molecular complexity index is 872. The van der Waals surface area contributed by atoms with Gasteiger partial charge in [-0.2, -0.15) is 0 Å². The van der Waals surface area contributed by atoms with Crippen LogP contribution in [0.4, 0.5) is 0 Å². The SMILES string of the molecule is CC(N)CC(=O)NCC(c1ccccc1Cl)c1c[nH]c2ccccc12. The summed E-state index contributed by atoms with van der Waals surface area (Å²) in [5.41, 5.74) is 8.89. The molecule has 3 rings (SSSR count). The third-order valence-electron chi connectivity index (χ3n) is 4.29. The molecule has 0 bridgehead atoms. The number of carbonyl (C=O) groups is 1. The summed E-state index contributed by atoms with van der Waals surface area (Å²) in [5.74, 6) is -0.0891. The molecule has 130 valence electrons. The second-order valence-corrected chi connectivity index (χ2v) is 6.76. The average Bonchev–Trinajstić information content (AvgIpc) is 3.00. The van der Waals surface area contributed by atoms with Crippen LogP contribution in [0.15, 0.2) is 54.7 Å². The number of nitrogens with two attached hydrogens (primary N) is 1. The summed E-state index contributed by atoms with van der Waals surface area (Å²) in [6, 6.07) is 15.7. The zero-order valence-electron chi connectivity index (χ0n) is 14.1. The average molecular weight is 356 g/mol. The minimum atomic E-state index is -0.160. The van der Waals surface area contributed by atoms with Crippen molar-refractivity contribution in [3.05, 3.63) is 70.9 Å². The van der Waals surface area contributed by atoms with Gasteiger partial charge in [-0.25, -0.2) is 0 Å². The number of amides is 1. The van der Waals surface area contributed by atoms with E-state index in [9.17, 15) is 4.79 Å². The van der Waals surface area contributed by atoms with Crippen molar-refractivity contribution >= 4 is 28.4 Å². The first-order valence-electron chi connectivity index (χ1n) is 8.39. The van der Waals surface area contributed by atoms with E-state index in [-0.39, 0.29) is 17.9 Å². The number of hydrogen-bond donors (Lipinski definition) is 3. The lowest BCUT2D eigenvalue weighted by Gasteiger charge is -2.20. The van der Waals surface area contributed by atoms with Gasteiger partial charge in [0.2, 0.25) is 5.91 Å². The van der Waals surface area contributed by atoms with E-state index >= 15 is 0 Å². The lowest BCUT2D eigenvalue weighted by atomic mass is 9.90. The maximum absolute atomic E-state index is 12.1. The summed E-state index contributed by atoms with van der Waals surface area (Å²) in [7, 11) is 0. The van der Waals surface area contributed by atoms with E-state index in [0.717, 1.165) is 22.0 Å². The first-order valence-corrected chi connectivity index (χ1v) is 8.76. The van der Waals surface area contributed by atoms with Crippen LogP contribution < -0.4 is 11.1 Å². The Labute approximate surface area is 152 Å². The van der Waals surface area contributed by atoms with Gasteiger partial charge in [0.25, 0.3) is 0 Å². The number of hydrogen-bond acceptors (Lipinski definition) is 2. The number of aromatic nitrogens is 1. The number of H-pyrrole nitrogens is 1. The largest absolute Gasteiger partial charge is 0.361 e. The van der Waals surface area contributed by atoms with E-state index in [2.05, 4.69) is 16.4 Å². The maximum atomic E-state index is 12.1. The van der Waals surface area contributed by atoms with E-state index in [1.807, 2.05) is 55.6 Å². The lowest BCUT2D eigenvalue weighted by Crippen LogP contribution is -2.33. The van der Waals surface area contributed by atoms with Crippen molar-refractivity contribution in [1.82, 2.24) is 10.3 Å². The van der Waals surface area contributed by atoms with Crippen LogP contribution in [0, 0.1) is 0 Å². The first-order chi connectivity index (χ1) is 12.1. The molecule has 25 heavy (non-hydrogen) atoms. The van der Waals surface area contributed by atoms with Crippen molar-refractivity contribution in [3.8, 4) is 0 Å². The number of rotatable bonds is 6. The molecule has 1 aromatic heterocycles. The molecule has 0 fully saturated rings. The summed E-state index contributed by atoms with van der Waals surface area (Å²) in [6.45, 7) is 2.29. The van der Waals surface area contributed by atoms with E-state index in [0.29, 0.717) is 18.0 Å². The van der Waals surface area contributed by atoms with E-state index in [1.54, 1.807) is 0 Å². The number of carbonyl (C=O) groups excluding carboxylic acids is 1. The highest BCUT2D eigenvalue weighted by atomic mass is 35.5. The number of nitrogens with one attached hydrogen (secondary N) is 2. The van der Waals surface area contributed by atoms with Gasteiger partial charge >= 0.3 is 0 Å². The quantitative estimate of drug-likeness (QED) is 0.629. The molecule has 1 amide bonds. The van der Waals surface area contributed by atoms with E-state index < -0.39 is 0 Å². The Morgan fingerprint density at radius 2 is 1.88 bits per heavy atom. The fourth-order valence-corrected chi connectivity index (χ4v) is 3.38. The smallest absolute Gasteiger partial charge is 0.221 e. The van der Waals surface area contributed by atoms with Gasteiger partial charge in [0, 0.05) is 47.0 Å². The molecule has 1 heterocycles. The summed E-state index contributed by atoms with van der Waals surface area (Å²) in [4.78, 5) is 15.4. The van der Waals surface area contributed by atoms with Gasteiger partial charge in [0.1, 0.15) is 0 Å². The Balaban J connectivity index is 1.95. The molecular weight excluding hydrogens is 334 g/mol. The van der Waals surface area contributed by atoms with Crippen LogP contribution in [0.1, 0.15) is 30.4 Å². The second kappa shape index (κ2) is 7.72. The first kappa shape index (κ1) is 17.5. The second-order valence-electron chi connectivity index (χ2n) is 6.35. The molecule has 0 aliphatic carbocycles. The van der Waals surface area contributed by atoms with Gasteiger partial charge in [0.05, 0.1) is 0 Å². The van der Waals surface area contributed by atoms with Crippen molar-refractivity contribution in [3.63, 3.8) is 0 Å². The molecule has 0 saturated carbocycles. The third-order valence-corrected chi connectivity index (χ3v) is 4.63. The summed E-state index contributed by atoms with van der Waals surface area (Å²) in [5, 5.41) is 4.83. The van der Waals surface area contributed by atoms with Crippen LogP contribution in [0.5, 0.6) is 0 Å². The molecule has 2 unspecified atom stereocenters. The van der Waals surface area contributed by atoms with Crippen molar-refractivity contribution in [1.29, 1.82) is 0 Å². The molecule has 4 nitrogen and oxygen atoms in total. The van der Waals surface area contributed by atoms with Gasteiger partial charge in [0.15, 0.2) is 0 Å².